The quantitative estimate of drug-likeness (QED) is 0.0997. The van der Waals surface area contributed by atoms with E-state index in [4.69, 9.17) is 0 Å². The van der Waals surface area contributed by atoms with Gasteiger partial charge in [0.25, 0.3) is 0 Å². The Kier molecular flexibility index (Phi) is 19.9. The third kappa shape index (κ3) is 18.4. The molecule has 0 N–H and O–H groups in total. The summed E-state index contributed by atoms with van der Waals surface area (Å²) in [6, 6.07) is 0. The van der Waals surface area contributed by atoms with E-state index in [1.807, 2.05) is 0 Å². The molecule has 0 saturated carbocycles. The maximum Gasteiger partial charge on any atom is 0.00922 e. The molecule has 0 atom stereocenters. The molecule has 25 heavy (non-hydrogen) atoms. The SMILES string of the molecule is CCCCCCC#CC=C(C=C(I)CCCCCC)CCCCCC. The molecule has 0 aliphatic carbocycles. The largest absolute Gasteiger partial charge is 0.0985 e. The lowest BCUT2D eigenvalue weighted by atomic mass is 10.0. The predicted molar refractivity (Wildman–Crippen MR) is 124 cm³/mol. The zero-order valence-corrected chi connectivity index (χ0v) is 19.3. The Balaban J connectivity index is 4.46. The first-order valence-electron chi connectivity index (χ1n) is 10.8. The summed E-state index contributed by atoms with van der Waals surface area (Å²) in [6.07, 6.45) is 24.0. The van der Waals surface area contributed by atoms with Crippen LogP contribution in [0.1, 0.15) is 117 Å². The number of hydrogen-bond donors (Lipinski definition) is 0. The molecule has 144 valence electrons. The normalized spacial score (nSPS) is 12.2. The number of unbranched alkanes of at least 4 members (excludes halogenated alkanes) is 10. The molecular formula is C24H41I. The van der Waals surface area contributed by atoms with Crippen molar-refractivity contribution >= 4 is 22.6 Å². The van der Waals surface area contributed by atoms with Gasteiger partial charge >= 0.3 is 0 Å². The van der Waals surface area contributed by atoms with Gasteiger partial charge in [-0.15, -0.1) is 0 Å². The Hall–Kier alpha value is -0.230. The van der Waals surface area contributed by atoms with Crippen LogP contribution in [0.25, 0.3) is 0 Å². The van der Waals surface area contributed by atoms with E-state index < -0.39 is 0 Å². The van der Waals surface area contributed by atoms with Crippen LogP contribution in [-0.4, -0.2) is 0 Å². The summed E-state index contributed by atoms with van der Waals surface area (Å²) in [4.78, 5) is 0. The first-order valence-corrected chi connectivity index (χ1v) is 11.9. The van der Waals surface area contributed by atoms with Crippen LogP contribution in [0.3, 0.4) is 0 Å². The minimum absolute atomic E-state index is 1.05. The van der Waals surface area contributed by atoms with E-state index in [2.05, 4.69) is 67.4 Å². The van der Waals surface area contributed by atoms with Gasteiger partial charge in [0.2, 0.25) is 0 Å². The highest BCUT2D eigenvalue weighted by Gasteiger charge is 1.98. The Morgan fingerprint density at radius 2 is 1.28 bits per heavy atom. The number of rotatable bonds is 15. The molecule has 0 nitrogen and oxygen atoms in total. The summed E-state index contributed by atoms with van der Waals surface area (Å²) in [5.74, 6) is 6.68. The summed E-state index contributed by atoms with van der Waals surface area (Å²) in [7, 11) is 0. The standard InChI is InChI=1S/C24H41I/c1-4-7-10-13-14-15-17-20-23(19-16-11-8-5-2)22-24(25)21-18-12-9-6-3/h20,22H,4-14,16,18-19,21H2,1-3H3. The van der Waals surface area contributed by atoms with Gasteiger partial charge < -0.3 is 0 Å². The minimum atomic E-state index is 1.05. The summed E-state index contributed by atoms with van der Waals surface area (Å²) >= 11 is 2.53. The Morgan fingerprint density at radius 1 is 0.720 bits per heavy atom. The second-order valence-corrected chi connectivity index (χ2v) is 8.45. The fraction of sp³-hybridized carbons (Fsp3) is 0.750. The fourth-order valence-electron chi connectivity index (χ4n) is 2.79. The van der Waals surface area contributed by atoms with Crippen molar-refractivity contribution in [2.45, 2.75) is 117 Å². The van der Waals surface area contributed by atoms with Crippen LogP contribution in [0.15, 0.2) is 21.3 Å². The van der Waals surface area contributed by atoms with Crippen molar-refractivity contribution in [3.63, 3.8) is 0 Å². The highest BCUT2D eigenvalue weighted by molar-refractivity contribution is 14.1. The third-order valence-electron chi connectivity index (χ3n) is 4.45. The first-order chi connectivity index (χ1) is 12.2. The van der Waals surface area contributed by atoms with Gasteiger partial charge in [-0.25, -0.2) is 0 Å². The Labute approximate surface area is 172 Å². The summed E-state index contributed by atoms with van der Waals surface area (Å²) in [5, 5.41) is 0. The van der Waals surface area contributed by atoms with E-state index in [0.717, 1.165) is 6.42 Å². The van der Waals surface area contributed by atoms with Gasteiger partial charge in [-0.05, 0) is 76.0 Å². The first kappa shape index (κ1) is 24.8. The highest BCUT2D eigenvalue weighted by atomic mass is 127. The Bertz CT molecular complexity index is 406. The van der Waals surface area contributed by atoms with Gasteiger partial charge in [0.1, 0.15) is 0 Å². The molecule has 0 rings (SSSR count). The summed E-state index contributed by atoms with van der Waals surface area (Å²) in [5.41, 5.74) is 1.44. The van der Waals surface area contributed by atoms with Crippen LogP contribution < -0.4 is 0 Å². The average Bonchev–Trinajstić information content (AvgIpc) is 2.61. The Morgan fingerprint density at radius 3 is 1.88 bits per heavy atom. The van der Waals surface area contributed by atoms with Crippen molar-refractivity contribution in [1.29, 1.82) is 0 Å². The lowest BCUT2D eigenvalue weighted by molar-refractivity contribution is 0.666. The van der Waals surface area contributed by atoms with Gasteiger partial charge in [-0.2, -0.15) is 0 Å². The molecule has 0 fully saturated rings. The molecule has 0 aromatic carbocycles. The maximum absolute atomic E-state index is 3.35. The monoisotopic (exact) mass is 456 g/mol. The molecule has 0 heterocycles. The van der Waals surface area contributed by atoms with Crippen LogP contribution in [0.5, 0.6) is 0 Å². The third-order valence-corrected chi connectivity index (χ3v) is 5.30. The van der Waals surface area contributed by atoms with Crippen LogP contribution >= 0.6 is 22.6 Å². The molecular weight excluding hydrogens is 415 g/mol. The zero-order chi connectivity index (χ0) is 18.6. The predicted octanol–water partition coefficient (Wildman–Crippen LogP) is 9.15. The van der Waals surface area contributed by atoms with Crippen molar-refractivity contribution in [2.24, 2.45) is 0 Å². The fourth-order valence-corrected chi connectivity index (χ4v) is 3.57. The number of allylic oxidation sites excluding steroid dienone is 4. The summed E-state index contributed by atoms with van der Waals surface area (Å²) < 4.78 is 1.50. The second-order valence-electron chi connectivity index (χ2n) is 7.06. The van der Waals surface area contributed by atoms with Crippen molar-refractivity contribution in [3.05, 3.63) is 21.3 Å². The van der Waals surface area contributed by atoms with Crippen LogP contribution in [0, 0.1) is 11.8 Å². The zero-order valence-electron chi connectivity index (χ0n) is 17.1. The molecule has 0 radical (unpaired) electrons. The molecule has 0 unspecified atom stereocenters. The molecule has 0 aliphatic rings. The number of halogens is 1. The molecule has 0 aromatic rings. The molecule has 0 aromatic heterocycles. The van der Waals surface area contributed by atoms with E-state index in [-0.39, 0.29) is 0 Å². The molecule has 0 saturated heterocycles. The molecule has 1 heteroatoms. The molecule has 0 spiro atoms. The van der Waals surface area contributed by atoms with Crippen molar-refractivity contribution in [1.82, 2.24) is 0 Å². The van der Waals surface area contributed by atoms with Gasteiger partial charge in [0.05, 0.1) is 0 Å². The highest BCUT2D eigenvalue weighted by Crippen LogP contribution is 2.21. The van der Waals surface area contributed by atoms with Crippen molar-refractivity contribution in [2.75, 3.05) is 0 Å². The van der Waals surface area contributed by atoms with E-state index >= 15 is 0 Å². The van der Waals surface area contributed by atoms with Crippen molar-refractivity contribution in [3.8, 4) is 11.8 Å². The van der Waals surface area contributed by atoms with E-state index in [1.54, 1.807) is 0 Å². The summed E-state index contributed by atoms with van der Waals surface area (Å²) in [6.45, 7) is 6.81. The van der Waals surface area contributed by atoms with Crippen LogP contribution in [0.2, 0.25) is 0 Å². The van der Waals surface area contributed by atoms with Crippen molar-refractivity contribution < 1.29 is 0 Å². The maximum atomic E-state index is 3.35. The van der Waals surface area contributed by atoms with Gasteiger partial charge in [-0.1, -0.05) is 90.4 Å². The van der Waals surface area contributed by atoms with E-state index in [0.29, 0.717) is 0 Å². The van der Waals surface area contributed by atoms with E-state index in [9.17, 15) is 0 Å². The molecule has 0 amide bonds. The smallest absolute Gasteiger partial charge is 0.00922 e. The lowest BCUT2D eigenvalue weighted by Crippen LogP contribution is -1.84. The second kappa shape index (κ2) is 20.1. The lowest BCUT2D eigenvalue weighted by Gasteiger charge is -2.04. The van der Waals surface area contributed by atoms with Gasteiger partial charge in [0, 0.05) is 6.42 Å². The van der Waals surface area contributed by atoms with Gasteiger partial charge in [-0.3, -0.25) is 0 Å². The minimum Gasteiger partial charge on any atom is -0.0985 e. The average molecular weight is 456 g/mol. The molecule has 0 bridgehead atoms. The number of hydrogen-bond acceptors (Lipinski definition) is 0. The molecule has 0 aliphatic heterocycles. The topological polar surface area (TPSA) is 0 Å². The van der Waals surface area contributed by atoms with E-state index in [1.165, 1.54) is 99.0 Å². The van der Waals surface area contributed by atoms with Crippen LogP contribution in [0.4, 0.5) is 0 Å². The van der Waals surface area contributed by atoms with Gasteiger partial charge in [0.15, 0.2) is 0 Å². The van der Waals surface area contributed by atoms with Crippen LogP contribution in [-0.2, 0) is 0 Å².